The van der Waals surface area contributed by atoms with Crippen LogP contribution in [0.25, 0.3) is 0 Å². The summed E-state index contributed by atoms with van der Waals surface area (Å²) in [7, 11) is 0. The zero-order chi connectivity index (χ0) is 19.4. The second-order valence-corrected chi connectivity index (χ2v) is 5.59. The van der Waals surface area contributed by atoms with Gasteiger partial charge in [0.25, 0.3) is 0 Å². The van der Waals surface area contributed by atoms with Crippen molar-refractivity contribution in [2.24, 2.45) is 0 Å². The maximum absolute atomic E-state index is 12.6. The molecule has 0 aliphatic carbocycles. The number of ether oxygens (including phenoxy) is 1. The van der Waals surface area contributed by atoms with Crippen molar-refractivity contribution in [1.82, 2.24) is 4.90 Å². The van der Waals surface area contributed by atoms with E-state index in [0.29, 0.717) is 17.0 Å². The van der Waals surface area contributed by atoms with E-state index in [4.69, 9.17) is 4.74 Å². The SMILES string of the molecule is C=C/C=C(\C)N(C(=C)C(=C)/C=C\C=C/CC)C(=O)OCc1ccccc1. The largest absolute Gasteiger partial charge is 0.444 e. The highest BCUT2D eigenvalue weighted by molar-refractivity contribution is 5.74. The van der Waals surface area contributed by atoms with E-state index in [1.54, 1.807) is 19.1 Å². The van der Waals surface area contributed by atoms with Crippen molar-refractivity contribution >= 4 is 6.09 Å². The smallest absolute Gasteiger partial charge is 0.419 e. The molecule has 0 atom stereocenters. The Hall–Kier alpha value is -3.07. The van der Waals surface area contributed by atoms with E-state index in [0.717, 1.165) is 12.0 Å². The van der Waals surface area contributed by atoms with E-state index in [1.165, 1.54) is 4.90 Å². The van der Waals surface area contributed by atoms with Gasteiger partial charge in [0.2, 0.25) is 0 Å². The molecule has 0 spiro atoms. The lowest BCUT2D eigenvalue weighted by Gasteiger charge is -2.25. The summed E-state index contributed by atoms with van der Waals surface area (Å²) in [5.74, 6) is 0. The zero-order valence-electron chi connectivity index (χ0n) is 15.7. The normalized spacial score (nSPS) is 11.5. The van der Waals surface area contributed by atoms with E-state index in [-0.39, 0.29) is 6.61 Å². The summed E-state index contributed by atoms with van der Waals surface area (Å²) in [5.41, 5.74) is 2.65. The molecule has 0 bridgehead atoms. The predicted octanol–water partition coefficient (Wildman–Crippen LogP) is 6.31. The first-order valence-electron chi connectivity index (χ1n) is 8.52. The third-order valence-electron chi connectivity index (χ3n) is 3.52. The van der Waals surface area contributed by atoms with Crippen LogP contribution in [0, 0.1) is 0 Å². The molecule has 26 heavy (non-hydrogen) atoms. The van der Waals surface area contributed by atoms with Crippen molar-refractivity contribution in [2.75, 3.05) is 0 Å². The topological polar surface area (TPSA) is 29.5 Å². The van der Waals surface area contributed by atoms with Gasteiger partial charge >= 0.3 is 6.09 Å². The molecular weight excluding hydrogens is 322 g/mol. The number of benzene rings is 1. The predicted molar refractivity (Wildman–Crippen MR) is 109 cm³/mol. The fraction of sp³-hybridized carbons (Fsp3) is 0.174. The second-order valence-electron chi connectivity index (χ2n) is 5.59. The van der Waals surface area contributed by atoms with Crippen molar-refractivity contribution in [2.45, 2.75) is 26.9 Å². The number of hydrogen-bond donors (Lipinski definition) is 0. The van der Waals surface area contributed by atoms with E-state index in [9.17, 15) is 4.79 Å². The zero-order valence-corrected chi connectivity index (χ0v) is 15.7. The van der Waals surface area contributed by atoms with Crippen LogP contribution in [-0.4, -0.2) is 11.0 Å². The van der Waals surface area contributed by atoms with Gasteiger partial charge in [0, 0.05) is 5.70 Å². The molecule has 0 saturated heterocycles. The molecule has 0 aliphatic heterocycles. The van der Waals surface area contributed by atoms with Crippen molar-refractivity contribution in [3.05, 3.63) is 109 Å². The molecule has 0 fully saturated rings. The van der Waals surface area contributed by atoms with Gasteiger partial charge < -0.3 is 4.74 Å². The number of allylic oxidation sites excluding steroid dienone is 7. The summed E-state index contributed by atoms with van der Waals surface area (Å²) in [6.07, 6.45) is 11.4. The Labute approximate surface area is 157 Å². The third-order valence-corrected chi connectivity index (χ3v) is 3.52. The molecule has 0 unspecified atom stereocenters. The summed E-state index contributed by atoms with van der Waals surface area (Å²) in [5, 5.41) is 0. The van der Waals surface area contributed by atoms with Crippen LogP contribution in [0.3, 0.4) is 0 Å². The average molecular weight is 349 g/mol. The van der Waals surface area contributed by atoms with Gasteiger partial charge in [0.15, 0.2) is 0 Å². The van der Waals surface area contributed by atoms with Crippen LogP contribution in [0.2, 0.25) is 0 Å². The van der Waals surface area contributed by atoms with Gasteiger partial charge in [-0.05, 0) is 30.6 Å². The highest BCUT2D eigenvalue weighted by Crippen LogP contribution is 2.21. The molecule has 0 aromatic heterocycles. The van der Waals surface area contributed by atoms with Gasteiger partial charge in [-0.15, -0.1) is 0 Å². The van der Waals surface area contributed by atoms with Crippen molar-refractivity contribution in [1.29, 1.82) is 0 Å². The minimum Gasteiger partial charge on any atom is -0.444 e. The number of nitrogens with zero attached hydrogens (tertiary/aromatic N) is 1. The lowest BCUT2D eigenvalue weighted by atomic mass is 10.2. The molecular formula is C23H27NO2. The molecule has 3 nitrogen and oxygen atoms in total. The van der Waals surface area contributed by atoms with Gasteiger partial charge in [-0.1, -0.05) is 87.4 Å². The monoisotopic (exact) mass is 349 g/mol. The van der Waals surface area contributed by atoms with Crippen molar-refractivity contribution in [3.63, 3.8) is 0 Å². The van der Waals surface area contributed by atoms with Crippen LogP contribution in [0.5, 0.6) is 0 Å². The molecule has 1 aromatic carbocycles. The summed E-state index contributed by atoms with van der Waals surface area (Å²) in [4.78, 5) is 14.0. The van der Waals surface area contributed by atoms with Crippen LogP contribution < -0.4 is 0 Å². The van der Waals surface area contributed by atoms with E-state index >= 15 is 0 Å². The number of hydrogen-bond acceptors (Lipinski definition) is 2. The third kappa shape index (κ3) is 6.81. The van der Waals surface area contributed by atoms with Gasteiger partial charge in [0.1, 0.15) is 6.61 Å². The fourth-order valence-corrected chi connectivity index (χ4v) is 2.12. The number of rotatable bonds is 9. The molecule has 3 heteroatoms. The van der Waals surface area contributed by atoms with Crippen LogP contribution in [0.1, 0.15) is 25.8 Å². The molecule has 0 aliphatic rings. The summed E-state index contributed by atoms with van der Waals surface area (Å²) in [6.45, 7) is 15.7. The Morgan fingerprint density at radius 2 is 1.88 bits per heavy atom. The van der Waals surface area contributed by atoms with E-state index in [2.05, 4.69) is 26.7 Å². The first kappa shape index (κ1) is 21.0. The summed E-state index contributed by atoms with van der Waals surface area (Å²) >= 11 is 0. The van der Waals surface area contributed by atoms with E-state index in [1.807, 2.05) is 54.6 Å². The maximum Gasteiger partial charge on any atom is 0.419 e. The first-order chi connectivity index (χ1) is 12.5. The highest BCUT2D eigenvalue weighted by atomic mass is 16.6. The summed E-state index contributed by atoms with van der Waals surface area (Å²) in [6, 6.07) is 9.53. The van der Waals surface area contributed by atoms with Gasteiger partial charge in [-0.2, -0.15) is 0 Å². The highest BCUT2D eigenvalue weighted by Gasteiger charge is 2.21. The Kier molecular flexibility index (Phi) is 9.26. The fourth-order valence-electron chi connectivity index (χ4n) is 2.12. The molecule has 0 N–H and O–H groups in total. The molecule has 1 aromatic rings. The van der Waals surface area contributed by atoms with E-state index < -0.39 is 6.09 Å². The number of carbonyl (C=O) groups is 1. The van der Waals surface area contributed by atoms with Crippen LogP contribution in [0.15, 0.2) is 103 Å². The molecule has 1 amide bonds. The minimum atomic E-state index is -0.506. The van der Waals surface area contributed by atoms with Crippen LogP contribution in [-0.2, 0) is 11.3 Å². The Morgan fingerprint density at radius 3 is 2.50 bits per heavy atom. The molecule has 136 valence electrons. The second kappa shape index (κ2) is 11.5. The van der Waals surface area contributed by atoms with Crippen molar-refractivity contribution < 1.29 is 9.53 Å². The standard InChI is InChI=1S/C23H27NO2/c1-6-8-9-11-15-19(3)21(5)24(20(4)14-7-2)23(25)26-18-22-16-12-10-13-17-22/h7-17H,2-3,5-6,18H2,1,4H3/b9-8-,15-11-,20-14+. The van der Waals surface area contributed by atoms with Gasteiger partial charge in [-0.25, -0.2) is 4.79 Å². The van der Waals surface area contributed by atoms with Gasteiger partial charge in [-0.3, -0.25) is 4.90 Å². The maximum atomic E-state index is 12.6. The van der Waals surface area contributed by atoms with Crippen LogP contribution >= 0.6 is 0 Å². The Balaban J connectivity index is 2.91. The number of carbonyl (C=O) groups excluding carboxylic acids is 1. The first-order valence-corrected chi connectivity index (χ1v) is 8.52. The lowest BCUT2D eigenvalue weighted by molar-refractivity contribution is 0.116. The lowest BCUT2D eigenvalue weighted by Crippen LogP contribution is -2.29. The summed E-state index contributed by atoms with van der Waals surface area (Å²) < 4.78 is 5.44. The molecule has 0 heterocycles. The Bertz CT molecular complexity index is 724. The average Bonchev–Trinajstić information content (AvgIpc) is 2.64. The molecule has 0 saturated carbocycles. The van der Waals surface area contributed by atoms with Gasteiger partial charge in [0.05, 0.1) is 5.70 Å². The van der Waals surface area contributed by atoms with Crippen LogP contribution in [0.4, 0.5) is 4.79 Å². The molecule has 0 radical (unpaired) electrons. The quantitative estimate of drug-likeness (QED) is 0.489. The minimum absolute atomic E-state index is 0.187. The molecule has 1 rings (SSSR count). The number of amides is 1. The van der Waals surface area contributed by atoms with Crippen molar-refractivity contribution in [3.8, 4) is 0 Å². The Morgan fingerprint density at radius 1 is 1.19 bits per heavy atom.